The number of ether oxygens (including phenoxy) is 3. The summed E-state index contributed by atoms with van der Waals surface area (Å²) in [5.41, 5.74) is 0.0288. The molecule has 0 radical (unpaired) electrons. The maximum atomic E-state index is 14.1. The van der Waals surface area contributed by atoms with Crippen LogP contribution in [0.4, 0.5) is 11.4 Å². The molecule has 0 bridgehead atoms. The summed E-state index contributed by atoms with van der Waals surface area (Å²) >= 11 is 0. The maximum absolute atomic E-state index is 14.1. The summed E-state index contributed by atoms with van der Waals surface area (Å²) in [5, 5.41) is 53.8. The molecule has 13 heteroatoms. The molecule has 3 heterocycles. The molecule has 0 aromatic heterocycles. The lowest BCUT2D eigenvalue weighted by molar-refractivity contribution is -0.274. The van der Waals surface area contributed by atoms with Crippen molar-refractivity contribution in [3.05, 3.63) is 48.0 Å². The third kappa shape index (κ3) is 4.97. The van der Waals surface area contributed by atoms with Gasteiger partial charge < -0.3 is 50.0 Å². The molecule has 3 aliphatic heterocycles. The highest BCUT2D eigenvalue weighted by Crippen LogP contribution is 2.60. The van der Waals surface area contributed by atoms with E-state index in [1.54, 1.807) is 37.3 Å². The quantitative estimate of drug-likeness (QED) is 0.232. The fourth-order valence-electron chi connectivity index (χ4n) is 7.19. The highest BCUT2D eigenvalue weighted by Gasteiger charge is 2.65. The average Bonchev–Trinajstić information content (AvgIpc) is 3.40. The lowest BCUT2D eigenvalue weighted by Crippen LogP contribution is -2.60. The van der Waals surface area contributed by atoms with Gasteiger partial charge in [0, 0.05) is 30.8 Å². The lowest BCUT2D eigenvalue weighted by atomic mass is 9.82. The van der Waals surface area contributed by atoms with E-state index in [1.807, 2.05) is 19.1 Å². The van der Waals surface area contributed by atoms with E-state index in [1.165, 1.54) is 0 Å². The second kappa shape index (κ2) is 11.6. The highest BCUT2D eigenvalue weighted by atomic mass is 28.3. The van der Waals surface area contributed by atoms with Gasteiger partial charge in [0.05, 0.1) is 27.0 Å². The molecule has 43 heavy (non-hydrogen) atoms. The predicted octanol–water partition coefficient (Wildman–Crippen LogP) is 0.00840. The second-order valence-corrected chi connectivity index (χ2v) is 16.9. The third-order valence-electron chi connectivity index (χ3n) is 9.49. The summed E-state index contributed by atoms with van der Waals surface area (Å²) in [6, 6.07) is 12.9. The molecule has 3 aliphatic rings. The molecule has 12 nitrogen and oxygen atoms in total. The van der Waals surface area contributed by atoms with Crippen molar-refractivity contribution < 1.29 is 49.3 Å². The molecule has 2 aromatic rings. The van der Waals surface area contributed by atoms with Crippen LogP contribution in [0.5, 0.6) is 5.75 Å². The Bertz CT molecular complexity index is 1370. The van der Waals surface area contributed by atoms with Crippen molar-refractivity contribution in [2.45, 2.75) is 74.4 Å². The molecular formula is C30H40N2O10Si. The van der Waals surface area contributed by atoms with Crippen LogP contribution in [0.3, 0.4) is 0 Å². The number of methoxy groups -OCH3 is 1. The molecule has 2 saturated heterocycles. The molecule has 9 atom stereocenters. The van der Waals surface area contributed by atoms with Crippen molar-refractivity contribution in [2.75, 3.05) is 31.0 Å². The Morgan fingerprint density at radius 1 is 1.07 bits per heavy atom. The normalized spacial score (nSPS) is 34.0. The van der Waals surface area contributed by atoms with Gasteiger partial charge in [0.2, 0.25) is 0 Å². The molecular weight excluding hydrogens is 576 g/mol. The van der Waals surface area contributed by atoms with Crippen LogP contribution < -0.4 is 20.1 Å². The Hall–Kier alpha value is -2.88. The van der Waals surface area contributed by atoms with Crippen molar-refractivity contribution in [1.29, 1.82) is 0 Å². The summed E-state index contributed by atoms with van der Waals surface area (Å²) in [6.45, 7) is 6.37. The lowest BCUT2D eigenvalue weighted by Gasteiger charge is -2.37. The Kier molecular flexibility index (Phi) is 8.48. The number of amides is 2. The number of aliphatic hydroxyl groups excluding tert-OH is 5. The van der Waals surface area contributed by atoms with E-state index in [0.717, 1.165) is 10.9 Å². The molecule has 2 fully saturated rings. The molecule has 0 aliphatic carbocycles. The largest absolute Gasteiger partial charge is 0.497 e. The first-order chi connectivity index (χ1) is 20.3. The fourth-order valence-corrected chi connectivity index (χ4v) is 11.2. The van der Waals surface area contributed by atoms with Gasteiger partial charge in [-0.05, 0) is 42.3 Å². The van der Waals surface area contributed by atoms with Crippen molar-refractivity contribution in [3.8, 4) is 5.75 Å². The van der Waals surface area contributed by atoms with Gasteiger partial charge >= 0.3 is 0 Å². The van der Waals surface area contributed by atoms with E-state index in [4.69, 9.17) is 14.2 Å². The SMILES string of the molecule is COc1ccc([Si](C)(C)[C@H]2[C@H](CCO)O[C@@]3(C(=O)N(C)c4ccc(NC(=O)[C@H]5O[C@@H](O)[C@H](O)[C@@H](O)[C@@H]5O)cc43)[C@@H]2C)cc1. The number of hydrogen-bond acceptors (Lipinski definition) is 10. The predicted molar refractivity (Wildman–Crippen MR) is 159 cm³/mol. The van der Waals surface area contributed by atoms with Gasteiger partial charge in [-0.2, -0.15) is 0 Å². The minimum absolute atomic E-state index is 0.0604. The first-order valence-corrected chi connectivity index (χ1v) is 17.4. The van der Waals surface area contributed by atoms with Crippen molar-refractivity contribution in [1.82, 2.24) is 0 Å². The zero-order valence-corrected chi connectivity index (χ0v) is 25.8. The van der Waals surface area contributed by atoms with Gasteiger partial charge in [0.15, 0.2) is 18.0 Å². The molecule has 0 unspecified atom stereocenters. The first kappa shape index (κ1) is 31.5. The Balaban J connectivity index is 1.50. The van der Waals surface area contributed by atoms with Crippen LogP contribution >= 0.6 is 0 Å². The number of carbonyl (C=O) groups is 2. The van der Waals surface area contributed by atoms with Crippen LogP contribution in [0.15, 0.2) is 42.5 Å². The third-order valence-corrected chi connectivity index (χ3v) is 13.9. The van der Waals surface area contributed by atoms with Crippen LogP contribution in [-0.2, 0) is 24.7 Å². The second-order valence-electron chi connectivity index (χ2n) is 12.2. The van der Waals surface area contributed by atoms with Crippen molar-refractivity contribution in [2.24, 2.45) is 5.92 Å². The van der Waals surface area contributed by atoms with E-state index in [2.05, 4.69) is 30.5 Å². The van der Waals surface area contributed by atoms with Crippen LogP contribution in [0.2, 0.25) is 18.6 Å². The maximum Gasteiger partial charge on any atom is 0.264 e. The number of benzene rings is 2. The number of likely N-dealkylation sites (N-methyl/N-ethyl adjacent to an activating group) is 1. The molecule has 5 rings (SSSR count). The minimum atomic E-state index is -2.34. The van der Waals surface area contributed by atoms with Gasteiger partial charge in [-0.25, -0.2) is 0 Å². The van der Waals surface area contributed by atoms with E-state index in [0.29, 0.717) is 17.7 Å². The topological polar surface area (TPSA) is 178 Å². The summed E-state index contributed by atoms with van der Waals surface area (Å²) in [4.78, 5) is 28.7. The fraction of sp³-hybridized carbons (Fsp3) is 0.533. The highest BCUT2D eigenvalue weighted by molar-refractivity contribution is 6.91. The van der Waals surface area contributed by atoms with E-state index >= 15 is 0 Å². The zero-order chi connectivity index (χ0) is 31.4. The number of carbonyl (C=O) groups excluding carboxylic acids is 2. The van der Waals surface area contributed by atoms with Gasteiger partial charge in [-0.3, -0.25) is 9.59 Å². The van der Waals surface area contributed by atoms with Gasteiger partial charge in [0.1, 0.15) is 24.1 Å². The number of nitrogens with zero attached hydrogens (tertiary/aromatic N) is 1. The van der Waals surface area contributed by atoms with E-state index < -0.39 is 56.4 Å². The molecule has 1 spiro atoms. The van der Waals surface area contributed by atoms with Crippen molar-refractivity contribution >= 4 is 36.4 Å². The van der Waals surface area contributed by atoms with E-state index in [-0.39, 0.29) is 29.7 Å². The molecule has 2 aromatic carbocycles. The number of anilines is 2. The Morgan fingerprint density at radius 2 is 1.74 bits per heavy atom. The molecule has 6 N–H and O–H groups in total. The monoisotopic (exact) mass is 616 g/mol. The average molecular weight is 617 g/mol. The molecule has 234 valence electrons. The first-order valence-electron chi connectivity index (χ1n) is 14.3. The van der Waals surface area contributed by atoms with Gasteiger partial charge in [-0.1, -0.05) is 37.3 Å². The van der Waals surface area contributed by atoms with Gasteiger partial charge in [-0.15, -0.1) is 0 Å². The Morgan fingerprint density at radius 3 is 2.37 bits per heavy atom. The van der Waals surface area contributed by atoms with Crippen LogP contribution in [0.25, 0.3) is 0 Å². The minimum Gasteiger partial charge on any atom is -0.497 e. The summed E-state index contributed by atoms with van der Waals surface area (Å²) < 4.78 is 17.2. The van der Waals surface area contributed by atoms with E-state index in [9.17, 15) is 35.1 Å². The van der Waals surface area contributed by atoms with Crippen molar-refractivity contribution in [3.63, 3.8) is 0 Å². The van der Waals surface area contributed by atoms with Crippen LogP contribution in [-0.4, -0.2) is 103 Å². The summed E-state index contributed by atoms with van der Waals surface area (Å²) in [5.74, 6) is -0.649. The standard InChI is InChI=1S/C30H40N2O10Si/c1-15-26(43(4,5)18-9-7-17(40-3)8-10-18)21(12-13-33)42-30(15)19-14-16(6-11-20(19)32(2)29(30)39)31-27(37)25-23(35)22(34)24(36)28(38)41-25/h6-11,14-15,21-26,28,33-36,38H,12-13H2,1-5H3,(H,31,37)/t15-,21+,22+,23+,24-,25+,26-,28-,30+/m1/s1. The van der Waals surface area contributed by atoms with Gasteiger partial charge in [0.25, 0.3) is 11.8 Å². The number of aliphatic hydroxyl groups is 5. The number of nitrogens with one attached hydrogen (secondary N) is 1. The number of fused-ring (bicyclic) bond motifs is 2. The van der Waals surface area contributed by atoms with Crippen LogP contribution in [0, 0.1) is 5.92 Å². The Labute approximate surface area is 250 Å². The zero-order valence-electron chi connectivity index (χ0n) is 24.8. The summed E-state index contributed by atoms with van der Waals surface area (Å²) in [6.07, 6.45) is -8.93. The molecule has 2 amide bonds. The van der Waals surface area contributed by atoms with Crippen LogP contribution in [0.1, 0.15) is 18.9 Å². The number of rotatable bonds is 7. The molecule has 0 saturated carbocycles. The smallest absolute Gasteiger partial charge is 0.264 e. The summed E-state index contributed by atoms with van der Waals surface area (Å²) in [7, 11) is 0.941. The number of hydrogen-bond donors (Lipinski definition) is 6.